The van der Waals surface area contributed by atoms with E-state index in [2.05, 4.69) is 57.6 Å². The minimum Gasteiger partial charge on any atom is -0.492 e. The van der Waals surface area contributed by atoms with Gasteiger partial charge >= 0.3 is 0 Å². The average molecular weight is 752 g/mol. The number of likely N-dealkylation sites (tertiary alicyclic amines) is 1. The van der Waals surface area contributed by atoms with Crippen molar-refractivity contribution in [3.05, 3.63) is 122 Å². The standard InChI is InChI=1S/C42H44Cl2N6O3/c1-27-31(7-3-8-35(27)36-9-4-10-39(42(36)44)51-24-28-6-5-13-50(2)23-28)26-53-41-17-40(52-25-30-14-29(18-45)19-46-20-30)33(16-37(41)43)21-47-34-11-12-38-32(15-34)22-48-49-38/h3-4,7-10,14,16-17,19-20,22,28,34,47H,5-6,11-13,15,21,23-26H2,1-2H3,(H,48,49). The number of fused-ring (bicyclic) bond motifs is 1. The molecule has 5 aromatic rings. The van der Waals surface area contributed by atoms with Gasteiger partial charge in [0.1, 0.15) is 36.5 Å². The number of ether oxygens (including phenoxy) is 3. The summed E-state index contributed by atoms with van der Waals surface area (Å²) >= 11 is 13.9. The van der Waals surface area contributed by atoms with Gasteiger partial charge in [-0.3, -0.25) is 10.1 Å². The Hall–Kier alpha value is -4.59. The van der Waals surface area contributed by atoms with Crippen LogP contribution in [0.3, 0.4) is 0 Å². The number of nitriles is 1. The fourth-order valence-corrected chi connectivity index (χ4v) is 7.85. The molecule has 3 heterocycles. The molecule has 0 radical (unpaired) electrons. The summed E-state index contributed by atoms with van der Waals surface area (Å²) in [5.74, 6) is 2.36. The van der Waals surface area contributed by atoms with E-state index in [0.717, 1.165) is 65.7 Å². The number of H-pyrrole nitrogens is 1. The van der Waals surface area contributed by atoms with Crippen molar-refractivity contribution in [2.45, 2.75) is 64.8 Å². The number of aryl methyl sites for hydroxylation is 1. The molecule has 0 amide bonds. The highest BCUT2D eigenvalue weighted by atomic mass is 35.5. The number of nitrogens with zero attached hydrogens (tertiary/aromatic N) is 4. The minimum absolute atomic E-state index is 0.237. The van der Waals surface area contributed by atoms with Gasteiger partial charge < -0.3 is 24.4 Å². The van der Waals surface area contributed by atoms with E-state index in [0.29, 0.717) is 64.6 Å². The third-order valence-corrected chi connectivity index (χ3v) is 11.0. The van der Waals surface area contributed by atoms with Crippen LogP contribution in [0, 0.1) is 24.2 Å². The Morgan fingerprint density at radius 2 is 1.79 bits per heavy atom. The zero-order chi connectivity index (χ0) is 36.7. The molecule has 9 nitrogen and oxygen atoms in total. The molecule has 2 aromatic heterocycles. The number of pyridine rings is 1. The maximum atomic E-state index is 9.36. The molecule has 53 heavy (non-hydrogen) atoms. The molecule has 274 valence electrons. The fourth-order valence-electron chi connectivity index (χ4n) is 7.33. The van der Waals surface area contributed by atoms with Crippen LogP contribution in [0.5, 0.6) is 17.2 Å². The molecule has 2 unspecified atom stereocenters. The van der Waals surface area contributed by atoms with Crippen LogP contribution in [-0.4, -0.2) is 52.9 Å². The second kappa shape index (κ2) is 17.0. The molecular formula is C42H44Cl2N6O3. The number of aromatic nitrogens is 3. The summed E-state index contributed by atoms with van der Waals surface area (Å²) in [5.41, 5.74) is 8.67. The summed E-state index contributed by atoms with van der Waals surface area (Å²) in [5, 5.41) is 21.5. The number of benzene rings is 3. The highest BCUT2D eigenvalue weighted by Crippen LogP contribution is 2.39. The van der Waals surface area contributed by atoms with Crippen molar-refractivity contribution in [2.75, 3.05) is 26.7 Å². The van der Waals surface area contributed by atoms with Crippen molar-refractivity contribution in [2.24, 2.45) is 5.92 Å². The van der Waals surface area contributed by atoms with Crippen molar-refractivity contribution >= 4 is 23.2 Å². The Kier molecular flexibility index (Phi) is 11.8. The van der Waals surface area contributed by atoms with Crippen LogP contribution in [0.25, 0.3) is 11.1 Å². The maximum Gasteiger partial charge on any atom is 0.142 e. The molecule has 2 aliphatic rings. The van der Waals surface area contributed by atoms with Crippen LogP contribution in [0.1, 0.15) is 58.3 Å². The van der Waals surface area contributed by atoms with Crippen molar-refractivity contribution in [1.82, 2.24) is 25.4 Å². The normalized spacial score (nSPS) is 17.2. The molecule has 2 atom stereocenters. The van der Waals surface area contributed by atoms with Crippen LogP contribution < -0.4 is 19.5 Å². The summed E-state index contributed by atoms with van der Waals surface area (Å²) in [7, 11) is 2.17. The van der Waals surface area contributed by atoms with Crippen molar-refractivity contribution in [3.63, 3.8) is 0 Å². The van der Waals surface area contributed by atoms with E-state index in [-0.39, 0.29) is 6.61 Å². The number of rotatable bonds is 13. The van der Waals surface area contributed by atoms with E-state index in [1.54, 1.807) is 12.3 Å². The summed E-state index contributed by atoms with van der Waals surface area (Å²) in [6.07, 6.45) is 10.4. The zero-order valence-corrected chi connectivity index (χ0v) is 31.6. The van der Waals surface area contributed by atoms with E-state index in [9.17, 15) is 5.26 Å². The van der Waals surface area contributed by atoms with E-state index in [1.807, 2.05) is 42.6 Å². The first kappa shape index (κ1) is 36.8. The van der Waals surface area contributed by atoms with Crippen molar-refractivity contribution < 1.29 is 14.2 Å². The number of nitrogens with one attached hydrogen (secondary N) is 2. The van der Waals surface area contributed by atoms with Gasteiger partial charge in [0.2, 0.25) is 0 Å². The third-order valence-electron chi connectivity index (χ3n) is 10.3. The molecule has 1 aliphatic heterocycles. The molecule has 1 aliphatic carbocycles. The van der Waals surface area contributed by atoms with Gasteiger partial charge in [-0.2, -0.15) is 10.4 Å². The Labute approximate surface area is 321 Å². The highest BCUT2D eigenvalue weighted by molar-refractivity contribution is 6.35. The number of hydrogen-bond acceptors (Lipinski definition) is 8. The second-order valence-electron chi connectivity index (χ2n) is 14.1. The Bertz CT molecular complexity index is 2100. The van der Waals surface area contributed by atoms with Crippen LogP contribution in [0.15, 0.2) is 73.2 Å². The lowest BCUT2D eigenvalue weighted by molar-refractivity contribution is 0.150. The van der Waals surface area contributed by atoms with Gasteiger partial charge in [-0.1, -0.05) is 53.5 Å². The summed E-state index contributed by atoms with van der Waals surface area (Å²) in [6.45, 7) is 6.01. The van der Waals surface area contributed by atoms with Crippen molar-refractivity contribution in [3.8, 4) is 34.4 Å². The molecule has 7 rings (SSSR count). The highest BCUT2D eigenvalue weighted by Gasteiger charge is 2.22. The summed E-state index contributed by atoms with van der Waals surface area (Å²) < 4.78 is 19.1. The van der Waals surface area contributed by atoms with Gasteiger partial charge in [0, 0.05) is 65.9 Å². The first-order valence-corrected chi connectivity index (χ1v) is 19.0. The van der Waals surface area contributed by atoms with E-state index >= 15 is 0 Å². The molecule has 0 saturated carbocycles. The van der Waals surface area contributed by atoms with Crippen LogP contribution in [-0.2, 0) is 32.6 Å². The SMILES string of the molecule is Cc1c(COc2cc(OCc3cncc(C#N)c3)c(CNC3CCc4[nH]ncc4C3)cc2Cl)cccc1-c1cccc(OCC2CCCN(C)C2)c1Cl. The predicted octanol–water partition coefficient (Wildman–Crippen LogP) is 8.48. The molecule has 1 fully saturated rings. The third kappa shape index (κ3) is 8.97. The van der Waals surface area contributed by atoms with Crippen LogP contribution in [0.2, 0.25) is 10.0 Å². The molecule has 11 heteroatoms. The predicted molar refractivity (Wildman–Crippen MR) is 208 cm³/mol. The maximum absolute atomic E-state index is 9.36. The van der Waals surface area contributed by atoms with Crippen LogP contribution in [0.4, 0.5) is 0 Å². The van der Waals surface area contributed by atoms with Gasteiger partial charge in [0.05, 0.1) is 28.4 Å². The van der Waals surface area contributed by atoms with Crippen LogP contribution >= 0.6 is 23.2 Å². The number of hydrogen-bond donors (Lipinski definition) is 2. The topological polar surface area (TPSA) is 108 Å². The van der Waals surface area contributed by atoms with Gasteiger partial charge in [-0.25, -0.2) is 0 Å². The Morgan fingerprint density at radius 3 is 2.66 bits per heavy atom. The quantitative estimate of drug-likeness (QED) is 0.123. The summed E-state index contributed by atoms with van der Waals surface area (Å²) in [4.78, 5) is 6.55. The molecular weight excluding hydrogens is 707 g/mol. The smallest absolute Gasteiger partial charge is 0.142 e. The number of piperidine rings is 1. The molecule has 0 bridgehead atoms. The molecule has 1 saturated heterocycles. The van der Waals surface area contributed by atoms with E-state index < -0.39 is 0 Å². The van der Waals surface area contributed by atoms with Gasteiger partial charge in [-0.15, -0.1) is 0 Å². The Morgan fingerprint density at radius 1 is 0.943 bits per heavy atom. The minimum atomic E-state index is 0.237. The Balaban J connectivity index is 1.07. The molecule has 2 N–H and O–H groups in total. The second-order valence-corrected chi connectivity index (χ2v) is 14.9. The van der Waals surface area contributed by atoms with Crippen molar-refractivity contribution in [1.29, 1.82) is 5.26 Å². The molecule has 3 aromatic carbocycles. The lowest BCUT2D eigenvalue weighted by atomic mass is 9.93. The number of aromatic amines is 1. The average Bonchev–Trinajstić information content (AvgIpc) is 3.65. The van der Waals surface area contributed by atoms with Gasteiger partial charge in [0.15, 0.2) is 0 Å². The lowest BCUT2D eigenvalue weighted by Gasteiger charge is -2.29. The molecule has 0 spiro atoms. The van der Waals surface area contributed by atoms with Gasteiger partial charge in [-0.05, 0) is 93.1 Å². The summed E-state index contributed by atoms with van der Waals surface area (Å²) in [6, 6.07) is 20.1. The fraction of sp³-hybridized carbons (Fsp3) is 0.357. The lowest BCUT2D eigenvalue weighted by Crippen LogP contribution is -2.34. The van der Waals surface area contributed by atoms with Gasteiger partial charge in [0.25, 0.3) is 0 Å². The zero-order valence-electron chi connectivity index (χ0n) is 30.1. The monoisotopic (exact) mass is 750 g/mol. The first-order chi connectivity index (χ1) is 25.8. The number of halogens is 2. The van der Waals surface area contributed by atoms with E-state index in [4.69, 9.17) is 37.4 Å². The van der Waals surface area contributed by atoms with E-state index in [1.165, 1.54) is 30.3 Å². The first-order valence-electron chi connectivity index (χ1n) is 18.2. The largest absolute Gasteiger partial charge is 0.492 e.